The first-order chi connectivity index (χ1) is 14.5. The average molecular weight is 446 g/mol. The number of benzene rings is 2. The number of nitrogens with zero attached hydrogens (tertiary/aromatic N) is 1. The molecular weight excluding hydrogens is 418 g/mol. The van der Waals surface area contributed by atoms with Gasteiger partial charge >= 0.3 is 0 Å². The molecule has 2 amide bonds. The van der Waals surface area contributed by atoms with Crippen LogP contribution < -0.4 is 11.1 Å². The van der Waals surface area contributed by atoms with E-state index in [-0.39, 0.29) is 30.8 Å². The zero-order valence-corrected chi connectivity index (χ0v) is 18.1. The number of carbonyl (C=O) groups is 2. The number of morpholine rings is 1. The summed E-state index contributed by atoms with van der Waals surface area (Å²) in [5.74, 6) is -0.667. The Hall–Kier alpha value is -2.45. The van der Waals surface area contributed by atoms with Gasteiger partial charge in [0.25, 0.3) is 5.91 Å². The quantitative estimate of drug-likeness (QED) is 0.643. The monoisotopic (exact) mass is 445 g/mol. The van der Waals surface area contributed by atoms with Crippen molar-refractivity contribution in [3.05, 3.63) is 70.3 Å². The molecule has 4 N–H and O–H groups in total. The Bertz CT molecular complexity index is 946. The first-order valence-electron chi connectivity index (χ1n) is 10.3. The predicted octanol–water partition coefficient (Wildman–Crippen LogP) is 1.30. The minimum absolute atomic E-state index is 0. The third-order valence-corrected chi connectivity index (χ3v) is 5.92. The van der Waals surface area contributed by atoms with Gasteiger partial charge in [0.05, 0.1) is 19.3 Å². The lowest BCUT2D eigenvalue weighted by atomic mass is 9.89. The summed E-state index contributed by atoms with van der Waals surface area (Å²) in [6.45, 7) is 2.81. The first kappa shape index (κ1) is 23.2. The summed E-state index contributed by atoms with van der Waals surface area (Å²) in [7, 11) is 0. The van der Waals surface area contributed by atoms with Crippen LogP contribution >= 0.6 is 12.4 Å². The van der Waals surface area contributed by atoms with Crippen LogP contribution in [0.2, 0.25) is 0 Å². The van der Waals surface area contributed by atoms with E-state index >= 15 is 0 Å². The molecule has 1 fully saturated rings. The minimum Gasteiger partial charge on any atom is -0.391 e. The van der Waals surface area contributed by atoms with E-state index in [1.54, 1.807) is 23.1 Å². The van der Waals surface area contributed by atoms with Crippen molar-refractivity contribution in [2.75, 3.05) is 26.3 Å². The van der Waals surface area contributed by atoms with Crippen LogP contribution in [0, 0.1) is 0 Å². The van der Waals surface area contributed by atoms with E-state index in [1.165, 1.54) is 11.1 Å². The SMILES string of the molecule is Cl.NC(=O)c1ccc(C(=O)N2CCOCC2)cc1C[C@H](O)[C@@H]1Cc2ccccc2CN1. The van der Waals surface area contributed by atoms with Gasteiger partial charge < -0.3 is 25.8 Å². The number of aliphatic hydroxyl groups is 1. The number of ether oxygens (including phenoxy) is 1. The van der Waals surface area contributed by atoms with Crippen LogP contribution in [0.5, 0.6) is 0 Å². The van der Waals surface area contributed by atoms with Crippen LogP contribution in [0.1, 0.15) is 37.4 Å². The van der Waals surface area contributed by atoms with Gasteiger partial charge in [-0.15, -0.1) is 12.4 Å². The predicted molar refractivity (Wildman–Crippen MR) is 119 cm³/mol. The van der Waals surface area contributed by atoms with Gasteiger partial charge in [0.1, 0.15) is 0 Å². The zero-order valence-electron chi connectivity index (χ0n) is 17.3. The van der Waals surface area contributed by atoms with Crippen LogP contribution in [0.25, 0.3) is 0 Å². The van der Waals surface area contributed by atoms with Gasteiger partial charge in [0.15, 0.2) is 0 Å². The Labute approximate surface area is 188 Å². The van der Waals surface area contributed by atoms with Crippen molar-refractivity contribution in [3.8, 4) is 0 Å². The van der Waals surface area contributed by atoms with Crippen molar-refractivity contribution >= 4 is 24.2 Å². The van der Waals surface area contributed by atoms with E-state index in [2.05, 4.69) is 17.4 Å². The van der Waals surface area contributed by atoms with Gasteiger partial charge in [-0.2, -0.15) is 0 Å². The molecule has 1 saturated heterocycles. The van der Waals surface area contributed by atoms with Crippen LogP contribution in [-0.2, 0) is 24.1 Å². The van der Waals surface area contributed by atoms with Gasteiger partial charge in [0, 0.05) is 43.2 Å². The molecule has 2 aliphatic rings. The number of aliphatic hydroxyl groups excluding tert-OH is 1. The molecule has 4 rings (SSSR count). The Balaban J connectivity index is 0.00000272. The molecule has 31 heavy (non-hydrogen) atoms. The Morgan fingerprint density at radius 3 is 2.58 bits per heavy atom. The molecule has 0 aliphatic carbocycles. The number of amides is 2. The van der Waals surface area contributed by atoms with Crippen molar-refractivity contribution in [2.24, 2.45) is 5.73 Å². The molecule has 166 valence electrons. The summed E-state index contributed by atoms with van der Waals surface area (Å²) < 4.78 is 5.31. The fourth-order valence-corrected chi connectivity index (χ4v) is 4.20. The molecule has 8 heteroatoms. The maximum absolute atomic E-state index is 12.8. The van der Waals surface area contributed by atoms with Crippen LogP contribution in [0.15, 0.2) is 42.5 Å². The van der Waals surface area contributed by atoms with E-state index in [9.17, 15) is 14.7 Å². The molecule has 2 aromatic rings. The third-order valence-electron chi connectivity index (χ3n) is 5.92. The molecule has 0 spiro atoms. The summed E-state index contributed by atoms with van der Waals surface area (Å²) in [5, 5.41) is 14.3. The van der Waals surface area contributed by atoms with Crippen LogP contribution in [0.3, 0.4) is 0 Å². The number of fused-ring (bicyclic) bond motifs is 1. The lowest BCUT2D eigenvalue weighted by Gasteiger charge is -2.30. The number of rotatable bonds is 5. The number of carbonyl (C=O) groups excluding carboxylic acids is 2. The van der Waals surface area contributed by atoms with Gasteiger partial charge in [-0.05, 0) is 41.3 Å². The lowest BCUT2D eigenvalue weighted by Crippen LogP contribution is -2.45. The minimum atomic E-state index is -0.717. The van der Waals surface area contributed by atoms with Crippen LogP contribution in [-0.4, -0.2) is 60.3 Å². The summed E-state index contributed by atoms with van der Waals surface area (Å²) in [6.07, 6.45) is 0.225. The molecule has 0 bridgehead atoms. The van der Waals surface area contributed by atoms with E-state index in [0.29, 0.717) is 56.0 Å². The fourth-order valence-electron chi connectivity index (χ4n) is 4.20. The maximum Gasteiger partial charge on any atom is 0.254 e. The van der Waals surface area contributed by atoms with Gasteiger partial charge in [-0.3, -0.25) is 9.59 Å². The zero-order chi connectivity index (χ0) is 21.1. The normalized spacial score (nSPS) is 19.1. The second kappa shape index (κ2) is 10.2. The number of primary amides is 1. The summed E-state index contributed by atoms with van der Waals surface area (Å²) in [6, 6.07) is 12.9. The molecule has 2 aromatic carbocycles. The molecule has 0 unspecified atom stereocenters. The lowest BCUT2D eigenvalue weighted by molar-refractivity contribution is 0.0302. The highest BCUT2D eigenvalue weighted by Gasteiger charge is 2.26. The average Bonchev–Trinajstić information content (AvgIpc) is 2.78. The van der Waals surface area contributed by atoms with E-state index in [1.807, 2.05) is 12.1 Å². The molecule has 0 aromatic heterocycles. The van der Waals surface area contributed by atoms with Gasteiger partial charge in [-0.1, -0.05) is 24.3 Å². The molecule has 7 nitrogen and oxygen atoms in total. The summed E-state index contributed by atoms with van der Waals surface area (Å²) in [5.41, 5.74) is 9.42. The van der Waals surface area contributed by atoms with Crippen molar-refractivity contribution < 1.29 is 19.4 Å². The molecule has 0 saturated carbocycles. The molecular formula is C23H28ClN3O4. The highest BCUT2D eigenvalue weighted by Crippen LogP contribution is 2.22. The van der Waals surface area contributed by atoms with Crippen LogP contribution in [0.4, 0.5) is 0 Å². The van der Waals surface area contributed by atoms with Crippen molar-refractivity contribution in [3.63, 3.8) is 0 Å². The Morgan fingerprint density at radius 1 is 1.16 bits per heavy atom. The van der Waals surface area contributed by atoms with E-state index < -0.39 is 12.0 Å². The van der Waals surface area contributed by atoms with Crippen molar-refractivity contribution in [2.45, 2.75) is 31.5 Å². The topological polar surface area (TPSA) is 105 Å². The smallest absolute Gasteiger partial charge is 0.254 e. The number of hydrogen-bond acceptors (Lipinski definition) is 5. The maximum atomic E-state index is 12.8. The number of hydrogen-bond donors (Lipinski definition) is 3. The molecule has 2 atom stereocenters. The van der Waals surface area contributed by atoms with Gasteiger partial charge in [0.2, 0.25) is 5.91 Å². The highest BCUT2D eigenvalue weighted by atomic mass is 35.5. The van der Waals surface area contributed by atoms with E-state index in [0.717, 1.165) is 0 Å². The molecule has 0 radical (unpaired) electrons. The number of halogens is 1. The summed E-state index contributed by atoms with van der Waals surface area (Å²) >= 11 is 0. The highest BCUT2D eigenvalue weighted by molar-refractivity contribution is 5.98. The number of nitrogens with two attached hydrogens (primary N) is 1. The van der Waals surface area contributed by atoms with Gasteiger partial charge in [-0.25, -0.2) is 0 Å². The molecule has 2 aliphatic heterocycles. The first-order valence-corrected chi connectivity index (χ1v) is 10.3. The molecule has 2 heterocycles. The Morgan fingerprint density at radius 2 is 1.87 bits per heavy atom. The summed E-state index contributed by atoms with van der Waals surface area (Å²) in [4.78, 5) is 26.5. The largest absolute Gasteiger partial charge is 0.391 e. The number of nitrogens with one attached hydrogen (secondary N) is 1. The third kappa shape index (κ3) is 5.25. The van der Waals surface area contributed by atoms with Crippen molar-refractivity contribution in [1.29, 1.82) is 0 Å². The standard InChI is InChI=1S/C23H27N3O4.ClH/c24-22(28)19-6-5-16(23(29)26-7-9-30-10-8-26)11-18(19)13-21(27)20-12-15-3-1-2-4-17(15)14-25-20;/h1-6,11,20-21,25,27H,7-10,12-14H2,(H2,24,28);1H/t20-,21-;/m0./s1. The second-order valence-electron chi connectivity index (χ2n) is 7.87. The Kier molecular flexibility index (Phi) is 7.67. The fraction of sp³-hybridized carbons (Fsp3) is 0.391. The van der Waals surface area contributed by atoms with Crippen molar-refractivity contribution in [1.82, 2.24) is 10.2 Å². The second-order valence-corrected chi connectivity index (χ2v) is 7.87. The van der Waals surface area contributed by atoms with E-state index in [4.69, 9.17) is 10.5 Å².